The second-order valence-electron chi connectivity index (χ2n) is 6.38. The van der Waals surface area contributed by atoms with Gasteiger partial charge in [-0.05, 0) is 55.0 Å². The lowest BCUT2D eigenvalue weighted by atomic mass is 10.2. The highest BCUT2D eigenvalue weighted by Gasteiger charge is 2.28. The molecule has 1 heterocycles. The van der Waals surface area contributed by atoms with Crippen LogP contribution in [-0.2, 0) is 4.79 Å². The molecule has 0 N–H and O–H groups in total. The van der Waals surface area contributed by atoms with Gasteiger partial charge in [0.15, 0.2) is 11.5 Å². The quantitative estimate of drug-likeness (QED) is 0.281. The first-order valence-electron chi connectivity index (χ1n) is 9.47. The molecule has 2 aromatic carbocycles. The second-order valence-corrected chi connectivity index (χ2v) is 8.50. The molecule has 0 radical (unpaired) electrons. The lowest BCUT2D eigenvalue weighted by Crippen LogP contribution is -2.22. The molecule has 3 rings (SSSR count). The smallest absolute Gasteiger partial charge is 0.265 e. The number of hydrogen-bond donors (Lipinski definition) is 0. The maximum absolute atomic E-state index is 12.2. The van der Waals surface area contributed by atoms with Crippen LogP contribution in [0.2, 0.25) is 5.02 Å². The van der Waals surface area contributed by atoms with Crippen molar-refractivity contribution in [3.8, 4) is 17.2 Å². The summed E-state index contributed by atoms with van der Waals surface area (Å²) < 4.78 is 17.8. The van der Waals surface area contributed by atoms with E-state index in [1.165, 1.54) is 16.7 Å². The van der Waals surface area contributed by atoms with Crippen LogP contribution in [0.25, 0.3) is 6.08 Å². The van der Waals surface area contributed by atoms with Crippen LogP contribution in [0.4, 0.5) is 0 Å². The summed E-state index contributed by atoms with van der Waals surface area (Å²) in [6, 6.07) is 12.9. The summed E-state index contributed by atoms with van der Waals surface area (Å²) in [5.74, 6) is 1.97. The van der Waals surface area contributed by atoms with Gasteiger partial charge in [-0.25, -0.2) is 0 Å². The number of rotatable bonds is 9. The van der Waals surface area contributed by atoms with Crippen molar-refractivity contribution in [2.24, 2.45) is 0 Å². The molecule has 0 saturated carbocycles. The molecule has 2 aromatic rings. The molecule has 0 aromatic heterocycles. The molecule has 0 atom stereocenters. The fourth-order valence-corrected chi connectivity index (χ4v) is 3.97. The van der Waals surface area contributed by atoms with Crippen molar-refractivity contribution < 1.29 is 19.0 Å². The van der Waals surface area contributed by atoms with E-state index >= 15 is 0 Å². The Labute approximate surface area is 190 Å². The van der Waals surface area contributed by atoms with E-state index in [2.05, 4.69) is 0 Å². The molecule has 158 valence electrons. The van der Waals surface area contributed by atoms with Gasteiger partial charge >= 0.3 is 0 Å². The summed E-state index contributed by atoms with van der Waals surface area (Å²) in [6.07, 6.45) is 2.53. The molecule has 8 heteroatoms. The van der Waals surface area contributed by atoms with Gasteiger partial charge in [-0.1, -0.05) is 41.6 Å². The van der Waals surface area contributed by atoms with Crippen molar-refractivity contribution in [1.82, 2.24) is 4.90 Å². The van der Waals surface area contributed by atoms with Gasteiger partial charge in [-0.15, -0.1) is 0 Å². The van der Waals surface area contributed by atoms with Crippen LogP contribution in [0.5, 0.6) is 17.2 Å². The fourth-order valence-electron chi connectivity index (χ4n) is 2.66. The molecule has 1 aliphatic rings. The van der Waals surface area contributed by atoms with E-state index in [9.17, 15) is 4.79 Å². The van der Waals surface area contributed by atoms with Gasteiger partial charge in [0.05, 0.1) is 24.7 Å². The molecule has 30 heavy (non-hydrogen) atoms. The first-order chi connectivity index (χ1) is 14.5. The van der Waals surface area contributed by atoms with E-state index < -0.39 is 0 Å². The van der Waals surface area contributed by atoms with E-state index in [0.29, 0.717) is 45.6 Å². The highest BCUT2D eigenvalue weighted by atomic mass is 35.5. The maximum Gasteiger partial charge on any atom is 0.265 e. The minimum absolute atomic E-state index is 0.0935. The molecular weight excluding hydrogens is 442 g/mol. The van der Waals surface area contributed by atoms with Crippen LogP contribution in [0.15, 0.2) is 47.4 Å². The molecule has 0 unspecified atom stereocenters. The average Bonchev–Trinajstić information content (AvgIpc) is 2.97. The topological polar surface area (TPSA) is 48.0 Å². The van der Waals surface area contributed by atoms with Gasteiger partial charge in [-0.3, -0.25) is 9.69 Å². The normalized spacial score (nSPS) is 15.0. The van der Waals surface area contributed by atoms with Crippen LogP contribution < -0.4 is 14.2 Å². The Morgan fingerprint density at radius 1 is 1.07 bits per heavy atom. The number of nitrogens with zero attached hydrogens (tertiary/aromatic N) is 1. The minimum Gasteiger partial charge on any atom is -0.493 e. The van der Waals surface area contributed by atoms with E-state index in [0.717, 1.165) is 17.7 Å². The first-order valence-corrected chi connectivity index (χ1v) is 11.1. The molecule has 1 amide bonds. The summed E-state index contributed by atoms with van der Waals surface area (Å²) in [5, 5.41) is 0.679. The standard InChI is InChI=1S/C22H22ClNO4S2/c1-3-26-19-13-15(14-20-21(25)24(2)22(29)30-20)5-10-18(19)28-12-4-11-27-17-8-6-16(23)7-9-17/h5-10,13-14H,3-4,11-12H2,1-2H3. The van der Waals surface area contributed by atoms with Crippen LogP contribution in [0.1, 0.15) is 18.9 Å². The van der Waals surface area contributed by atoms with Gasteiger partial charge in [0, 0.05) is 18.5 Å². The largest absolute Gasteiger partial charge is 0.493 e. The summed E-state index contributed by atoms with van der Waals surface area (Å²) in [5.41, 5.74) is 0.853. The molecule has 1 aliphatic heterocycles. The third-order valence-corrected chi connectivity index (χ3v) is 5.92. The van der Waals surface area contributed by atoms with Crippen molar-refractivity contribution in [3.63, 3.8) is 0 Å². The average molecular weight is 464 g/mol. The van der Waals surface area contributed by atoms with Crippen molar-refractivity contribution >= 4 is 51.9 Å². The van der Waals surface area contributed by atoms with Crippen molar-refractivity contribution in [1.29, 1.82) is 0 Å². The number of hydrogen-bond acceptors (Lipinski definition) is 6. The lowest BCUT2D eigenvalue weighted by Gasteiger charge is -2.13. The number of ether oxygens (including phenoxy) is 3. The van der Waals surface area contributed by atoms with Crippen molar-refractivity contribution in [2.75, 3.05) is 26.9 Å². The predicted octanol–water partition coefficient (Wildman–Crippen LogP) is 5.42. The van der Waals surface area contributed by atoms with Gasteiger partial charge in [0.2, 0.25) is 0 Å². The third-order valence-electron chi connectivity index (χ3n) is 4.18. The zero-order valence-electron chi connectivity index (χ0n) is 16.7. The van der Waals surface area contributed by atoms with Gasteiger partial charge in [0.1, 0.15) is 10.1 Å². The molecule has 0 aliphatic carbocycles. The van der Waals surface area contributed by atoms with Crippen LogP contribution in [-0.4, -0.2) is 42.0 Å². The monoisotopic (exact) mass is 463 g/mol. The first kappa shape index (κ1) is 22.5. The summed E-state index contributed by atoms with van der Waals surface area (Å²) in [4.78, 5) is 14.3. The summed E-state index contributed by atoms with van der Waals surface area (Å²) in [7, 11) is 1.68. The van der Waals surface area contributed by atoms with E-state index in [1.807, 2.05) is 43.3 Å². The minimum atomic E-state index is -0.0935. The predicted molar refractivity (Wildman–Crippen MR) is 126 cm³/mol. The SMILES string of the molecule is CCOc1cc(C=C2SC(=S)N(C)C2=O)ccc1OCCCOc1ccc(Cl)cc1. The van der Waals surface area contributed by atoms with Crippen molar-refractivity contribution in [3.05, 3.63) is 58.0 Å². The Kier molecular flexibility index (Phi) is 8.01. The Balaban J connectivity index is 1.57. The van der Waals surface area contributed by atoms with Crippen LogP contribution in [0, 0.1) is 0 Å². The number of amides is 1. The molecular formula is C22H22ClNO4S2. The zero-order chi connectivity index (χ0) is 21.5. The highest BCUT2D eigenvalue weighted by molar-refractivity contribution is 8.26. The molecule has 1 fully saturated rings. The van der Waals surface area contributed by atoms with Gasteiger partial charge in [0.25, 0.3) is 5.91 Å². The summed E-state index contributed by atoms with van der Waals surface area (Å²) in [6.45, 7) is 3.44. The Morgan fingerprint density at radius 2 is 1.80 bits per heavy atom. The number of benzene rings is 2. The number of carbonyl (C=O) groups excluding carboxylic acids is 1. The third kappa shape index (κ3) is 5.90. The number of likely N-dealkylation sites (N-methyl/N-ethyl adjacent to an activating group) is 1. The molecule has 0 spiro atoms. The number of carbonyl (C=O) groups is 1. The summed E-state index contributed by atoms with van der Waals surface area (Å²) >= 11 is 12.3. The zero-order valence-corrected chi connectivity index (χ0v) is 19.1. The highest BCUT2D eigenvalue weighted by Crippen LogP contribution is 2.34. The van der Waals surface area contributed by atoms with Crippen LogP contribution in [0.3, 0.4) is 0 Å². The molecule has 5 nitrogen and oxygen atoms in total. The molecule has 0 bridgehead atoms. The van der Waals surface area contributed by atoms with E-state index in [1.54, 1.807) is 19.2 Å². The van der Waals surface area contributed by atoms with E-state index in [-0.39, 0.29) is 5.91 Å². The maximum atomic E-state index is 12.2. The number of thioether (sulfide) groups is 1. The Bertz CT molecular complexity index is 947. The fraction of sp³-hybridized carbons (Fsp3) is 0.273. The molecule has 1 saturated heterocycles. The van der Waals surface area contributed by atoms with Crippen LogP contribution >= 0.6 is 35.6 Å². The number of thiocarbonyl (C=S) groups is 1. The lowest BCUT2D eigenvalue weighted by molar-refractivity contribution is -0.121. The number of halogens is 1. The van der Waals surface area contributed by atoms with Gasteiger partial charge < -0.3 is 14.2 Å². The van der Waals surface area contributed by atoms with E-state index in [4.69, 9.17) is 38.0 Å². The second kappa shape index (κ2) is 10.7. The Morgan fingerprint density at radius 3 is 2.47 bits per heavy atom. The Hall–Kier alpha value is -2.22. The van der Waals surface area contributed by atoms with Gasteiger partial charge in [-0.2, -0.15) is 0 Å². The van der Waals surface area contributed by atoms with Crippen molar-refractivity contribution in [2.45, 2.75) is 13.3 Å².